The summed E-state index contributed by atoms with van der Waals surface area (Å²) in [4.78, 5) is 30.7. The molecular formula is C44H54N2O19. The van der Waals surface area contributed by atoms with Crippen molar-refractivity contribution >= 4 is 16.9 Å². The highest BCUT2D eigenvalue weighted by Crippen LogP contribution is 2.41. The molecule has 4 heterocycles. The van der Waals surface area contributed by atoms with Crippen molar-refractivity contribution in [2.45, 2.75) is 74.9 Å². The SMILES string of the molecule is COc1ccc(-c2cc(=O)c3c(O)cc(O[C@@H]4O[C@H](CO[C@@H]5O[C@@H](C)[C@H](O)[C@@H](O)[C@H]5O)[C@@H](O)[C@H](O)[C@H]4O)cc3o2)cc1OCC(=O)N1CCN(Cc2ccc(OC)c(OC)c2OC)CC1. The van der Waals surface area contributed by atoms with E-state index < -0.39 is 79.2 Å². The lowest BCUT2D eigenvalue weighted by atomic mass is 9.98. The zero-order chi connectivity index (χ0) is 46.7. The predicted molar refractivity (Wildman–Crippen MR) is 225 cm³/mol. The van der Waals surface area contributed by atoms with Crippen LogP contribution in [0.5, 0.6) is 40.2 Å². The first-order valence-corrected chi connectivity index (χ1v) is 20.7. The highest BCUT2D eigenvalue weighted by atomic mass is 16.7. The van der Waals surface area contributed by atoms with Gasteiger partial charge in [-0.15, -0.1) is 0 Å². The normalized spacial score (nSPS) is 27.3. The molecule has 0 saturated carbocycles. The van der Waals surface area contributed by atoms with Crippen LogP contribution in [0, 0.1) is 0 Å². The first kappa shape index (κ1) is 47.5. The van der Waals surface area contributed by atoms with Crippen molar-refractivity contribution < 1.29 is 87.6 Å². The van der Waals surface area contributed by atoms with Gasteiger partial charge in [0.2, 0.25) is 12.0 Å². The van der Waals surface area contributed by atoms with Crippen LogP contribution in [0.25, 0.3) is 22.3 Å². The highest BCUT2D eigenvalue weighted by molar-refractivity contribution is 5.86. The lowest BCUT2D eigenvalue weighted by molar-refractivity contribution is -0.318. The monoisotopic (exact) mass is 914 g/mol. The van der Waals surface area contributed by atoms with Gasteiger partial charge in [0, 0.05) is 62.0 Å². The van der Waals surface area contributed by atoms with Crippen LogP contribution in [0.3, 0.4) is 0 Å². The maximum atomic E-state index is 13.4. The molecule has 3 saturated heterocycles. The molecule has 3 aliphatic heterocycles. The number of phenolic OH excluding ortho intramolecular Hbond substituents is 1. The van der Waals surface area contributed by atoms with Gasteiger partial charge < -0.3 is 87.7 Å². The van der Waals surface area contributed by atoms with Crippen LogP contribution >= 0.6 is 0 Å². The molecule has 1 amide bonds. The third-order valence-corrected chi connectivity index (χ3v) is 11.6. The number of benzene rings is 3. The van der Waals surface area contributed by atoms with Gasteiger partial charge in [0.1, 0.15) is 71.0 Å². The van der Waals surface area contributed by atoms with Gasteiger partial charge in [-0.1, -0.05) is 6.07 Å². The van der Waals surface area contributed by atoms with Gasteiger partial charge >= 0.3 is 0 Å². The quantitative estimate of drug-likeness (QED) is 0.0824. The van der Waals surface area contributed by atoms with Gasteiger partial charge in [-0.3, -0.25) is 14.5 Å². The molecule has 0 bridgehead atoms. The molecule has 0 radical (unpaired) electrons. The molecule has 3 aromatic carbocycles. The van der Waals surface area contributed by atoms with Crippen molar-refractivity contribution in [1.29, 1.82) is 0 Å². The summed E-state index contributed by atoms with van der Waals surface area (Å²) in [5, 5.41) is 73.2. The topological polar surface area (TPSA) is 278 Å². The Balaban J connectivity index is 1.01. The first-order valence-electron chi connectivity index (χ1n) is 20.7. The zero-order valence-corrected chi connectivity index (χ0v) is 36.3. The zero-order valence-electron chi connectivity index (χ0n) is 36.3. The van der Waals surface area contributed by atoms with Gasteiger partial charge in [-0.2, -0.15) is 0 Å². The maximum absolute atomic E-state index is 13.4. The number of rotatable bonds is 15. The molecule has 10 atom stereocenters. The Labute approximate surface area is 372 Å². The minimum absolute atomic E-state index is 0.0453. The Bertz CT molecular complexity index is 2350. The number of aliphatic hydroxyl groups excluding tert-OH is 6. The lowest BCUT2D eigenvalue weighted by Gasteiger charge is -2.42. The first-order chi connectivity index (χ1) is 31.1. The fraction of sp³-hybridized carbons (Fsp3) is 0.500. The molecule has 4 aromatic rings. The van der Waals surface area contributed by atoms with Crippen molar-refractivity contribution in [1.82, 2.24) is 9.80 Å². The molecule has 65 heavy (non-hydrogen) atoms. The van der Waals surface area contributed by atoms with E-state index >= 15 is 0 Å². The molecule has 7 N–H and O–H groups in total. The van der Waals surface area contributed by atoms with E-state index in [0.717, 1.165) is 11.6 Å². The van der Waals surface area contributed by atoms with Crippen molar-refractivity contribution in [3.05, 3.63) is 64.3 Å². The smallest absolute Gasteiger partial charge is 0.260 e. The number of hydrogen-bond donors (Lipinski definition) is 7. The molecule has 0 aliphatic carbocycles. The van der Waals surface area contributed by atoms with E-state index in [1.165, 1.54) is 32.2 Å². The number of aliphatic hydroxyl groups is 6. The van der Waals surface area contributed by atoms with Crippen molar-refractivity contribution in [2.75, 3.05) is 67.8 Å². The number of carbonyl (C=O) groups excluding carboxylic acids is 1. The third-order valence-electron chi connectivity index (χ3n) is 11.6. The van der Waals surface area contributed by atoms with E-state index in [4.69, 9.17) is 47.0 Å². The van der Waals surface area contributed by atoms with Crippen molar-refractivity contribution in [3.63, 3.8) is 0 Å². The standard InChI is InChI=1S/C44H54N2O19/c1-21-35(50)37(52)39(54)43(62-21)61-19-32-36(51)38(53)40(55)44(65-32)63-24-15-25(47)34-26(48)17-29(64-31(34)16-24)22-6-8-27(56-2)30(14-22)60-20-33(49)46-12-10-45(11-13-46)18-23-7-9-28(57-3)42(59-5)41(23)58-4/h6-9,14-17,21,32,35-40,43-44,47,50-55H,10-13,18-20H2,1-5H3/t21-,32+,35-,36+,37+,38-,39+,40+,43+,44+/m0/s1. The molecule has 21 heteroatoms. The Kier molecular flexibility index (Phi) is 14.9. The third kappa shape index (κ3) is 10.0. The Morgan fingerprint density at radius 1 is 0.723 bits per heavy atom. The average molecular weight is 915 g/mol. The van der Waals surface area contributed by atoms with Crippen molar-refractivity contribution in [2.24, 2.45) is 0 Å². The van der Waals surface area contributed by atoms with Crippen LogP contribution < -0.4 is 33.8 Å². The van der Waals surface area contributed by atoms with E-state index in [1.54, 1.807) is 38.4 Å². The van der Waals surface area contributed by atoms with Crippen LogP contribution in [0.15, 0.2) is 57.7 Å². The van der Waals surface area contributed by atoms with Crippen LogP contribution in [0.1, 0.15) is 12.5 Å². The summed E-state index contributed by atoms with van der Waals surface area (Å²) in [5.74, 6) is 1.23. The lowest BCUT2D eigenvalue weighted by Crippen LogP contribution is -2.61. The molecule has 0 unspecified atom stereocenters. The van der Waals surface area contributed by atoms with E-state index in [2.05, 4.69) is 4.90 Å². The summed E-state index contributed by atoms with van der Waals surface area (Å²) in [6.07, 6.45) is -15.4. The summed E-state index contributed by atoms with van der Waals surface area (Å²) in [7, 11) is 6.12. The summed E-state index contributed by atoms with van der Waals surface area (Å²) < 4.78 is 56.6. The van der Waals surface area contributed by atoms with Gasteiger partial charge in [-0.25, -0.2) is 0 Å². The number of piperazine rings is 1. The van der Waals surface area contributed by atoms with E-state index in [9.17, 15) is 45.3 Å². The highest BCUT2D eigenvalue weighted by Gasteiger charge is 2.47. The van der Waals surface area contributed by atoms with Gasteiger partial charge in [0.05, 0.1) is 41.2 Å². The average Bonchev–Trinajstić information content (AvgIpc) is 3.30. The fourth-order valence-corrected chi connectivity index (χ4v) is 7.94. The Morgan fingerprint density at radius 3 is 2.09 bits per heavy atom. The number of ether oxygens (including phenoxy) is 9. The van der Waals surface area contributed by atoms with Crippen molar-refractivity contribution in [3.8, 4) is 51.6 Å². The number of hydrogen-bond acceptors (Lipinski definition) is 20. The van der Waals surface area contributed by atoms with Gasteiger partial charge in [-0.05, 0) is 31.2 Å². The largest absolute Gasteiger partial charge is 0.507 e. The molecule has 21 nitrogen and oxygen atoms in total. The second-order valence-corrected chi connectivity index (χ2v) is 15.7. The predicted octanol–water partition coefficient (Wildman–Crippen LogP) is -0.0463. The molecule has 354 valence electrons. The number of carbonyl (C=O) groups is 1. The van der Waals surface area contributed by atoms with E-state index in [-0.39, 0.29) is 40.7 Å². The summed E-state index contributed by atoms with van der Waals surface area (Å²) in [5.41, 5.74) is 0.512. The second-order valence-electron chi connectivity index (χ2n) is 15.7. The number of nitrogens with zero attached hydrogens (tertiary/aromatic N) is 2. The molecular weight excluding hydrogens is 860 g/mol. The molecule has 7 rings (SSSR count). The minimum Gasteiger partial charge on any atom is -0.507 e. The second kappa shape index (κ2) is 20.4. The molecule has 3 aliphatic rings. The number of methoxy groups -OCH3 is 4. The Hall–Kier alpha value is -5.46. The number of phenols is 1. The number of amides is 1. The maximum Gasteiger partial charge on any atom is 0.260 e. The summed E-state index contributed by atoms with van der Waals surface area (Å²) in [6, 6.07) is 12.0. The van der Waals surface area contributed by atoms with Crippen LogP contribution in [0.2, 0.25) is 0 Å². The Morgan fingerprint density at radius 2 is 1.40 bits per heavy atom. The summed E-state index contributed by atoms with van der Waals surface area (Å²) in [6.45, 7) is 3.30. The van der Waals surface area contributed by atoms with E-state index in [1.807, 2.05) is 12.1 Å². The van der Waals surface area contributed by atoms with Gasteiger partial charge in [0.15, 0.2) is 41.3 Å². The summed E-state index contributed by atoms with van der Waals surface area (Å²) >= 11 is 0. The number of aromatic hydroxyl groups is 1. The molecule has 0 spiro atoms. The number of fused-ring (bicyclic) bond motifs is 1. The molecule has 3 fully saturated rings. The van der Waals surface area contributed by atoms with Gasteiger partial charge in [0.25, 0.3) is 5.91 Å². The van der Waals surface area contributed by atoms with E-state index in [0.29, 0.717) is 61.3 Å². The minimum atomic E-state index is -1.82. The fourth-order valence-electron chi connectivity index (χ4n) is 7.94. The molecule has 1 aromatic heterocycles. The van der Waals surface area contributed by atoms with Crippen LogP contribution in [-0.2, 0) is 25.5 Å². The van der Waals surface area contributed by atoms with Crippen LogP contribution in [-0.4, -0.2) is 181 Å². The van der Waals surface area contributed by atoms with Crippen LogP contribution in [0.4, 0.5) is 0 Å².